The van der Waals surface area contributed by atoms with Crippen LogP contribution >= 0.6 is 0 Å². The molecule has 0 fully saturated rings. The number of carbonyl (C=O) groups is 2. The van der Waals surface area contributed by atoms with E-state index in [-0.39, 0.29) is 24.2 Å². The first kappa shape index (κ1) is 10.6. The molecule has 0 aliphatic carbocycles. The highest BCUT2D eigenvalue weighted by Gasteiger charge is 2.14. The largest absolute Gasteiger partial charge is 0.478 e. The summed E-state index contributed by atoms with van der Waals surface area (Å²) in [6.07, 6.45) is -0.145. The summed E-state index contributed by atoms with van der Waals surface area (Å²) in [4.78, 5) is 20.7. The van der Waals surface area contributed by atoms with E-state index in [0.29, 0.717) is 0 Å². The van der Waals surface area contributed by atoms with Crippen molar-refractivity contribution in [2.75, 3.05) is 6.61 Å². The number of carboxylic acid groups (broad SMARTS) is 2. The maximum atomic E-state index is 10.4. The van der Waals surface area contributed by atoms with E-state index in [1.54, 1.807) is 0 Å². The molecule has 5 heteroatoms. The van der Waals surface area contributed by atoms with E-state index in [1.807, 2.05) is 0 Å². The zero-order valence-corrected chi connectivity index (χ0v) is 6.57. The van der Waals surface area contributed by atoms with Gasteiger partial charge in [0.2, 0.25) is 0 Å². The van der Waals surface area contributed by atoms with E-state index < -0.39 is 11.9 Å². The van der Waals surface area contributed by atoms with Crippen molar-refractivity contribution >= 4 is 11.9 Å². The van der Waals surface area contributed by atoms with Gasteiger partial charge in [0.05, 0.1) is 0 Å². The Bertz CT molecular complexity index is 228. The van der Waals surface area contributed by atoms with Crippen LogP contribution in [0.25, 0.3) is 0 Å². The highest BCUT2D eigenvalue weighted by atomic mass is 16.4. The van der Waals surface area contributed by atoms with E-state index >= 15 is 0 Å². The van der Waals surface area contributed by atoms with Gasteiger partial charge in [-0.05, 0) is 6.92 Å². The van der Waals surface area contributed by atoms with E-state index in [4.69, 9.17) is 15.3 Å². The molecule has 0 amide bonds. The van der Waals surface area contributed by atoms with Gasteiger partial charge < -0.3 is 15.3 Å². The highest BCUT2D eigenvalue weighted by Crippen LogP contribution is 2.08. The Labute approximate surface area is 68.9 Å². The van der Waals surface area contributed by atoms with Gasteiger partial charge in [-0.2, -0.15) is 0 Å². The molecule has 12 heavy (non-hydrogen) atoms. The van der Waals surface area contributed by atoms with Crippen LogP contribution in [-0.2, 0) is 9.59 Å². The van der Waals surface area contributed by atoms with Crippen LogP contribution in [0.4, 0.5) is 0 Å². The summed E-state index contributed by atoms with van der Waals surface area (Å²) in [6, 6.07) is 0. The Morgan fingerprint density at radius 2 is 1.67 bits per heavy atom. The molecule has 68 valence electrons. The second-order valence-corrected chi connectivity index (χ2v) is 2.19. The van der Waals surface area contributed by atoms with E-state index in [1.165, 1.54) is 6.92 Å². The fourth-order valence-electron chi connectivity index (χ4n) is 0.696. The zero-order valence-electron chi connectivity index (χ0n) is 6.57. The number of hydrogen-bond donors (Lipinski definition) is 3. The molecule has 0 saturated heterocycles. The molecule has 0 aromatic carbocycles. The molecule has 0 aromatic heterocycles. The van der Waals surface area contributed by atoms with Gasteiger partial charge in [0.25, 0.3) is 0 Å². The third-order valence-corrected chi connectivity index (χ3v) is 1.39. The minimum Gasteiger partial charge on any atom is -0.478 e. The first-order valence-corrected chi connectivity index (χ1v) is 3.28. The average molecular weight is 174 g/mol. The fourth-order valence-corrected chi connectivity index (χ4v) is 0.696. The molecular weight excluding hydrogens is 164 g/mol. The van der Waals surface area contributed by atoms with E-state index in [9.17, 15) is 9.59 Å². The summed E-state index contributed by atoms with van der Waals surface area (Å²) < 4.78 is 0. The van der Waals surface area contributed by atoms with Crippen molar-refractivity contribution in [3.8, 4) is 0 Å². The predicted molar refractivity (Wildman–Crippen MR) is 39.7 cm³/mol. The third kappa shape index (κ3) is 2.71. The van der Waals surface area contributed by atoms with Gasteiger partial charge in [-0.25, -0.2) is 9.59 Å². The third-order valence-electron chi connectivity index (χ3n) is 1.39. The SMILES string of the molecule is C/C(C(=O)O)=C(/CCO)C(=O)O. The summed E-state index contributed by atoms with van der Waals surface area (Å²) in [7, 11) is 0. The van der Waals surface area contributed by atoms with Crippen LogP contribution in [0.5, 0.6) is 0 Å². The average Bonchev–Trinajstić information content (AvgIpc) is 1.98. The van der Waals surface area contributed by atoms with Gasteiger partial charge in [-0.3, -0.25) is 0 Å². The second kappa shape index (κ2) is 4.50. The molecule has 0 spiro atoms. The minimum absolute atomic E-state index is 0.145. The molecule has 0 aliphatic heterocycles. The molecule has 0 atom stereocenters. The summed E-state index contributed by atoms with van der Waals surface area (Å²) in [5.41, 5.74) is -0.499. The lowest BCUT2D eigenvalue weighted by Gasteiger charge is -2.01. The molecular formula is C7H10O5. The second-order valence-electron chi connectivity index (χ2n) is 2.19. The highest BCUT2D eigenvalue weighted by molar-refractivity contribution is 5.98. The standard InChI is InChI=1S/C7H10O5/c1-4(6(9)10)5(2-3-8)7(11)12/h8H,2-3H2,1H3,(H,9,10)(H,11,12)/b5-4+. The Morgan fingerprint density at radius 3 is 1.92 bits per heavy atom. The van der Waals surface area contributed by atoms with Crippen LogP contribution in [-0.4, -0.2) is 33.9 Å². The number of rotatable bonds is 4. The maximum absolute atomic E-state index is 10.4. The van der Waals surface area contributed by atoms with Gasteiger partial charge in [-0.15, -0.1) is 0 Å². The van der Waals surface area contributed by atoms with Crippen molar-refractivity contribution in [3.05, 3.63) is 11.1 Å². The van der Waals surface area contributed by atoms with Crippen LogP contribution in [0.15, 0.2) is 11.1 Å². The van der Waals surface area contributed by atoms with Gasteiger partial charge in [0, 0.05) is 24.2 Å². The van der Waals surface area contributed by atoms with E-state index in [0.717, 1.165) is 0 Å². The summed E-state index contributed by atoms with van der Waals surface area (Å²) >= 11 is 0. The predicted octanol–water partition coefficient (Wildman–Crippen LogP) is -0.145. The topological polar surface area (TPSA) is 94.8 Å². The Morgan fingerprint density at radius 1 is 1.17 bits per heavy atom. The maximum Gasteiger partial charge on any atom is 0.332 e. The van der Waals surface area contributed by atoms with Crippen LogP contribution in [0.3, 0.4) is 0 Å². The number of hydrogen-bond acceptors (Lipinski definition) is 3. The molecule has 0 saturated carbocycles. The smallest absolute Gasteiger partial charge is 0.332 e. The number of aliphatic carboxylic acids is 2. The number of aliphatic hydroxyl groups is 1. The summed E-state index contributed by atoms with van der Waals surface area (Å²) in [5, 5.41) is 25.3. The molecule has 0 aromatic rings. The van der Waals surface area contributed by atoms with Crippen molar-refractivity contribution in [2.45, 2.75) is 13.3 Å². The first-order chi connectivity index (χ1) is 5.50. The zero-order chi connectivity index (χ0) is 9.72. The Balaban J connectivity index is 4.80. The van der Waals surface area contributed by atoms with Crippen molar-refractivity contribution in [3.63, 3.8) is 0 Å². The molecule has 0 bridgehead atoms. The normalized spacial score (nSPS) is 12.2. The quantitative estimate of drug-likeness (QED) is 0.515. The monoisotopic (exact) mass is 174 g/mol. The summed E-state index contributed by atoms with van der Waals surface area (Å²) in [6.45, 7) is 0.827. The lowest BCUT2D eigenvalue weighted by molar-refractivity contribution is -0.136. The van der Waals surface area contributed by atoms with Crippen molar-refractivity contribution in [2.24, 2.45) is 0 Å². The molecule has 3 N–H and O–H groups in total. The van der Waals surface area contributed by atoms with Crippen molar-refractivity contribution in [1.82, 2.24) is 0 Å². The van der Waals surface area contributed by atoms with E-state index in [2.05, 4.69) is 0 Å². The minimum atomic E-state index is -1.30. The fraction of sp³-hybridized carbons (Fsp3) is 0.429. The lowest BCUT2D eigenvalue weighted by atomic mass is 10.1. The van der Waals surface area contributed by atoms with Gasteiger partial charge in [0.15, 0.2) is 0 Å². The Kier molecular flexibility index (Phi) is 3.99. The molecule has 0 rings (SSSR count). The molecule has 0 aliphatic rings. The number of carboxylic acids is 2. The number of aliphatic hydroxyl groups excluding tert-OH is 1. The first-order valence-electron chi connectivity index (χ1n) is 3.28. The lowest BCUT2D eigenvalue weighted by Crippen LogP contribution is -2.10. The van der Waals surface area contributed by atoms with Gasteiger partial charge >= 0.3 is 11.9 Å². The van der Waals surface area contributed by atoms with Gasteiger partial charge in [0.1, 0.15) is 0 Å². The van der Waals surface area contributed by atoms with Crippen LogP contribution in [0.1, 0.15) is 13.3 Å². The van der Waals surface area contributed by atoms with Crippen LogP contribution in [0.2, 0.25) is 0 Å². The summed E-state index contributed by atoms with van der Waals surface area (Å²) in [5.74, 6) is -2.58. The van der Waals surface area contributed by atoms with Crippen molar-refractivity contribution < 1.29 is 24.9 Å². The molecule has 5 nitrogen and oxygen atoms in total. The molecule has 0 heterocycles. The van der Waals surface area contributed by atoms with Gasteiger partial charge in [-0.1, -0.05) is 0 Å². The molecule has 0 radical (unpaired) electrons. The van der Waals surface area contributed by atoms with Crippen molar-refractivity contribution in [1.29, 1.82) is 0 Å². The Hall–Kier alpha value is -1.36. The molecule has 0 unspecified atom stereocenters. The van der Waals surface area contributed by atoms with Crippen LogP contribution < -0.4 is 0 Å². The van der Waals surface area contributed by atoms with Crippen LogP contribution in [0, 0.1) is 0 Å².